The van der Waals surface area contributed by atoms with Gasteiger partial charge in [0.1, 0.15) is 12.4 Å². The SMILES string of the molecule is C[C@H](OC(=O)Cn1cnc2ccccc2c1=O)C(=O)Nc1ccccc1F. The molecule has 1 amide bonds. The van der Waals surface area contributed by atoms with Gasteiger partial charge in [0.05, 0.1) is 22.9 Å². The highest BCUT2D eigenvalue weighted by atomic mass is 19.1. The number of anilines is 1. The number of aromatic nitrogens is 2. The molecule has 27 heavy (non-hydrogen) atoms. The van der Waals surface area contributed by atoms with Crippen LogP contribution in [0, 0.1) is 5.82 Å². The first-order valence-electron chi connectivity index (χ1n) is 8.15. The number of esters is 1. The zero-order valence-corrected chi connectivity index (χ0v) is 14.4. The maximum Gasteiger partial charge on any atom is 0.326 e. The number of ether oxygens (including phenoxy) is 1. The standard InChI is InChI=1S/C19H16FN3O4/c1-12(18(25)22-16-9-5-3-7-14(16)20)27-17(24)10-23-11-21-15-8-4-2-6-13(15)19(23)26/h2-9,11-12H,10H2,1H3,(H,22,25)/t12-/m0/s1. The van der Waals surface area contributed by atoms with Crippen molar-refractivity contribution in [2.75, 3.05) is 5.32 Å². The van der Waals surface area contributed by atoms with Crippen LogP contribution < -0.4 is 10.9 Å². The summed E-state index contributed by atoms with van der Waals surface area (Å²) in [6, 6.07) is 12.4. The third kappa shape index (κ3) is 4.17. The Kier molecular flexibility index (Phi) is 5.25. The summed E-state index contributed by atoms with van der Waals surface area (Å²) < 4.78 is 19.7. The highest BCUT2D eigenvalue weighted by molar-refractivity contribution is 5.95. The molecule has 0 spiro atoms. The zero-order chi connectivity index (χ0) is 19.4. The molecule has 138 valence electrons. The second kappa shape index (κ2) is 7.77. The van der Waals surface area contributed by atoms with E-state index in [0.29, 0.717) is 10.9 Å². The molecular weight excluding hydrogens is 353 g/mol. The van der Waals surface area contributed by atoms with Crippen LogP contribution in [-0.2, 0) is 20.9 Å². The summed E-state index contributed by atoms with van der Waals surface area (Å²) in [6.45, 7) is 0.962. The van der Waals surface area contributed by atoms with Crippen molar-refractivity contribution in [1.82, 2.24) is 9.55 Å². The number of halogens is 1. The molecule has 3 aromatic rings. The third-order valence-corrected chi connectivity index (χ3v) is 3.84. The fourth-order valence-electron chi connectivity index (χ4n) is 2.44. The Hall–Kier alpha value is -3.55. The van der Waals surface area contributed by atoms with Crippen LogP contribution >= 0.6 is 0 Å². The second-order valence-corrected chi connectivity index (χ2v) is 5.80. The van der Waals surface area contributed by atoms with Crippen molar-refractivity contribution < 1.29 is 18.7 Å². The Morgan fingerprint density at radius 1 is 1.19 bits per heavy atom. The lowest BCUT2D eigenvalue weighted by Gasteiger charge is -2.14. The van der Waals surface area contributed by atoms with E-state index in [1.165, 1.54) is 31.5 Å². The number of para-hydroxylation sites is 2. The number of carbonyl (C=O) groups is 2. The molecule has 0 radical (unpaired) electrons. The molecule has 7 nitrogen and oxygen atoms in total. The van der Waals surface area contributed by atoms with E-state index in [1.807, 2.05) is 0 Å². The van der Waals surface area contributed by atoms with Crippen molar-refractivity contribution in [2.24, 2.45) is 0 Å². The summed E-state index contributed by atoms with van der Waals surface area (Å²) in [5.41, 5.74) is 0.117. The lowest BCUT2D eigenvalue weighted by atomic mass is 10.2. The van der Waals surface area contributed by atoms with Gasteiger partial charge in [-0.3, -0.25) is 19.0 Å². The van der Waals surface area contributed by atoms with Gasteiger partial charge in [0.25, 0.3) is 11.5 Å². The van der Waals surface area contributed by atoms with Crippen LogP contribution in [0.2, 0.25) is 0 Å². The molecule has 2 aromatic carbocycles. The largest absolute Gasteiger partial charge is 0.451 e. The number of nitrogens with zero attached hydrogens (tertiary/aromatic N) is 2. The first-order valence-corrected chi connectivity index (χ1v) is 8.15. The van der Waals surface area contributed by atoms with Gasteiger partial charge in [0, 0.05) is 0 Å². The Labute approximate surface area is 153 Å². The summed E-state index contributed by atoms with van der Waals surface area (Å²) >= 11 is 0. The lowest BCUT2D eigenvalue weighted by molar-refractivity contribution is -0.153. The summed E-state index contributed by atoms with van der Waals surface area (Å²) in [5.74, 6) is -2.07. The van der Waals surface area contributed by atoms with Crippen molar-refractivity contribution in [3.63, 3.8) is 0 Å². The molecule has 3 rings (SSSR count). The first kappa shape index (κ1) is 18.2. The highest BCUT2D eigenvalue weighted by Crippen LogP contribution is 2.13. The minimum absolute atomic E-state index is 0.0136. The predicted molar refractivity (Wildman–Crippen MR) is 96.6 cm³/mol. The van der Waals surface area contributed by atoms with Crippen molar-refractivity contribution >= 4 is 28.5 Å². The van der Waals surface area contributed by atoms with Gasteiger partial charge in [0.15, 0.2) is 6.10 Å². The Balaban J connectivity index is 1.65. The van der Waals surface area contributed by atoms with Gasteiger partial charge in [-0.1, -0.05) is 24.3 Å². The van der Waals surface area contributed by atoms with Crippen LogP contribution in [0.3, 0.4) is 0 Å². The molecule has 0 saturated heterocycles. The minimum atomic E-state index is -1.17. The Bertz CT molecular complexity index is 1060. The number of hydrogen-bond acceptors (Lipinski definition) is 5. The van der Waals surface area contributed by atoms with Crippen LogP contribution in [0.4, 0.5) is 10.1 Å². The van der Waals surface area contributed by atoms with Crippen molar-refractivity contribution in [2.45, 2.75) is 19.6 Å². The monoisotopic (exact) mass is 369 g/mol. The molecule has 0 aliphatic heterocycles. The molecule has 0 aliphatic rings. The number of amides is 1. The number of nitrogens with one attached hydrogen (secondary N) is 1. The highest BCUT2D eigenvalue weighted by Gasteiger charge is 2.19. The van der Waals surface area contributed by atoms with Crippen molar-refractivity contribution in [3.8, 4) is 0 Å². The van der Waals surface area contributed by atoms with E-state index < -0.39 is 30.3 Å². The zero-order valence-electron chi connectivity index (χ0n) is 14.4. The van der Waals surface area contributed by atoms with E-state index in [0.717, 1.165) is 4.57 Å². The van der Waals surface area contributed by atoms with E-state index >= 15 is 0 Å². The van der Waals surface area contributed by atoms with Gasteiger partial charge in [-0.25, -0.2) is 9.37 Å². The molecule has 0 saturated carbocycles. The van der Waals surface area contributed by atoms with Crippen LogP contribution in [0.25, 0.3) is 10.9 Å². The fourth-order valence-corrected chi connectivity index (χ4v) is 2.44. The maximum atomic E-state index is 13.6. The lowest BCUT2D eigenvalue weighted by Crippen LogP contribution is -2.33. The van der Waals surface area contributed by atoms with Crippen LogP contribution in [0.15, 0.2) is 59.7 Å². The summed E-state index contributed by atoms with van der Waals surface area (Å²) in [5, 5.41) is 2.72. The average molecular weight is 369 g/mol. The van der Waals surface area contributed by atoms with Crippen molar-refractivity contribution in [1.29, 1.82) is 0 Å². The van der Waals surface area contributed by atoms with Gasteiger partial charge in [-0.05, 0) is 31.2 Å². The smallest absolute Gasteiger partial charge is 0.326 e. The Morgan fingerprint density at radius 2 is 1.89 bits per heavy atom. The van der Waals surface area contributed by atoms with E-state index in [-0.39, 0.29) is 11.2 Å². The molecule has 1 heterocycles. The molecule has 1 atom stereocenters. The summed E-state index contributed by atoms with van der Waals surface area (Å²) in [7, 11) is 0. The Morgan fingerprint density at radius 3 is 2.67 bits per heavy atom. The van der Waals surface area contributed by atoms with Gasteiger partial charge >= 0.3 is 5.97 Å². The number of hydrogen-bond donors (Lipinski definition) is 1. The molecule has 0 bridgehead atoms. The van der Waals surface area contributed by atoms with Gasteiger partial charge < -0.3 is 10.1 Å². The molecule has 1 aromatic heterocycles. The maximum absolute atomic E-state index is 13.6. The quantitative estimate of drug-likeness (QED) is 0.696. The number of rotatable bonds is 5. The molecular formula is C19H16FN3O4. The second-order valence-electron chi connectivity index (χ2n) is 5.80. The van der Waals surface area contributed by atoms with Crippen LogP contribution in [0.1, 0.15) is 6.92 Å². The fraction of sp³-hybridized carbons (Fsp3) is 0.158. The number of carbonyl (C=O) groups excluding carboxylic acids is 2. The van der Waals surface area contributed by atoms with Crippen LogP contribution in [0.5, 0.6) is 0 Å². The van der Waals surface area contributed by atoms with Crippen LogP contribution in [-0.4, -0.2) is 27.5 Å². The number of benzene rings is 2. The van der Waals surface area contributed by atoms with Gasteiger partial charge in [0.2, 0.25) is 0 Å². The average Bonchev–Trinajstić information content (AvgIpc) is 2.66. The molecule has 0 aliphatic carbocycles. The van der Waals surface area contributed by atoms with E-state index in [2.05, 4.69) is 10.3 Å². The minimum Gasteiger partial charge on any atom is -0.451 e. The number of fused-ring (bicyclic) bond motifs is 1. The van der Waals surface area contributed by atoms with Gasteiger partial charge in [-0.15, -0.1) is 0 Å². The molecule has 8 heteroatoms. The summed E-state index contributed by atoms with van der Waals surface area (Å²) in [6.07, 6.45) is 0.0805. The molecule has 0 fully saturated rings. The predicted octanol–water partition coefficient (Wildman–Crippen LogP) is 2.11. The van der Waals surface area contributed by atoms with Gasteiger partial charge in [-0.2, -0.15) is 0 Å². The topological polar surface area (TPSA) is 90.3 Å². The van der Waals surface area contributed by atoms with E-state index in [4.69, 9.17) is 4.74 Å². The van der Waals surface area contributed by atoms with E-state index in [9.17, 15) is 18.8 Å². The third-order valence-electron chi connectivity index (χ3n) is 3.84. The molecule has 0 unspecified atom stereocenters. The molecule has 1 N–H and O–H groups in total. The first-order chi connectivity index (χ1) is 13.0. The summed E-state index contributed by atoms with van der Waals surface area (Å²) in [4.78, 5) is 40.6. The van der Waals surface area contributed by atoms with Crippen molar-refractivity contribution in [3.05, 3.63) is 71.0 Å². The van der Waals surface area contributed by atoms with E-state index in [1.54, 1.807) is 30.3 Å². The normalized spacial score (nSPS) is 11.8.